The summed E-state index contributed by atoms with van der Waals surface area (Å²) in [6.45, 7) is 0. The summed E-state index contributed by atoms with van der Waals surface area (Å²) in [5.74, 6) is 0.0723. The lowest BCUT2D eigenvalue weighted by Crippen LogP contribution is -2.41. The van der Waals surface area contributed by atoms with Crippen molar-refractivity contribution in [1.29, 1.82) is 5.26 Å². The van der Waals surface area contributed by atoms with E-state index in [1.54, 1.807) is 18.2 Å². The van der Waals surface area contributed by atoms with Crippen molar-refractivity contribution in [3.63, 3.8) is 0 Å². The normalized spacial score (nSPS) is 20.4. The maximum atomic E-state index is 13.0. The van der Waals surface area contributed by atoms with Crippen LogP contribution in [0.15, 0.2) is 40.7 Å². The average molecular weight is 433 g/mol. The van der Waals surface area contributed by atoms with Gasteiger partial charge in [0.05, 0.1) is 5.57 Å². The van der Waals surface area contributed by atoms with Crippen LogP contribution in [0, 0.1) is 11.3 Å². The van der Waals surface area contributed by atoms with Gasteiger partial charge in [-0.25, -0.2) is 4.98 Å². The fourth-order valence-electron chi connectivity index (χ4n) is 3.56. The molecule has 1 amide bonds. The van der Waals surface area contributed by atoms with E-state index in [0.717, 1.165) is 6.20 Å². The number of aliphatic imine (C=N–C) groups is 1. The zero-order chi connectivity index (χ0) is 22.6. The number of carbonyl (C=O) groups is 1. The topological polar surface area (TPSA) is 121 Å². The quantitative estimate of drug-likeness (QED) is 0.380. The number of pyridine rings is 1. The van der Waals surface area contributed by atoms with E-state index in [0.29, 0.717) is 31.5 Å². The van der Waals surface area contributed by atoms with Crippen LogP contribution >= 0.6 is 0 Å². The zero-order valence-corrected chi connectivity index (χ0v) is 16.8. The first-order valence-electron chi connectivity index (χ1n) is 9.67. The highest BCUT2D eigenvalue weighted by Gasteiger charge is 2.34. The summed E-state index contributed by atoms with van der Waals surface area (Å²) < 4.78 is 40.3. The van der Waals surface area contributed by atoms with Crippen LogP contribution in [-0.4, -0.2) is 40.6 Å². The number of allylic oxidation sites excluding steroid dienone is 1. The molecule has 1 aliphatic rings. The number of fused-ring (bicyclic) bond motifs is 1. The van der Waals surface area contributed by atoms with E-state index >= 15 is 0 Å². The van der Waals surface area contributed by atoms with Crippen LogP contribution in [0.2, 0.25) is 0 Å². The first-order valence-corrected chi connectivity index (χ1v) is 9.67. The van der Waals surface area contributed by atoms with E-state index in [2.05, 4.69) is 20.6 Å². The van der Waals surface area contributed by atoms with Crippen molar-refractivity contribution >= 4 is 23.6 Å². The van der Waals surface area contributed by atoms with Crippen molar-refractivity contribution in [3.05, 3.63) is 41.4 Å². The molecule has 2 aromatic heterocycles. The number of hydrogen-bond donors (Lipinski definition) is 3. The Labute approximate surface area is 176 Å². The third-order valence-electron chi connectivity index (χ3n) is 5.11. The minimum atomic E-state index is -4.51. The Kier molecular flexibility index (Phi) is 6.48. The fourth-order valence-corrected chi connectivity index (χ4v) is 3.56. The predicted octanol–water partition coefficient (Wildman–Crippen LogP) is 2.63. The largest absolute Gasteiger partial charge is 0.434 e. The molecule has 0 spiro atoms. The molecule has 0 unspecified atom stereocenters. The first kappa shape index (κ1) is 22.1. The molecule has 4 N–H and O–H groups in total. The van der Waals surface area contributed by atoms with Gasteiger partial charge >= 0.3 is 6.18 Å². The maximum absolute atomic E-state index is 13.0. The predicted molar refractivity (Wildman–Crippen MR) is 109 cm³/mol. The molecule has 0 aliphatic heterocycles. The second kappa shape index (κ2) is 9.07. The maximum Gasteiger partial charge on any atom is 0.434 e. The molecule has 0 aromatic carbocycles. The Balaban J connectivity index is 1.63. The van der Waals surface area contributed by atoms with Crippen molar-refractivity contribution < 1.29 is 18.0 Å². The van der Waals surface area contributed by atoms with Crippen molar-refractivity contribution in [2.75, 3.05) is 12.4 Å². The Morgan fingerprint density at radius 1 is 1.32 bits per heavy atom. The van der Waals surface area contributed by atoms with Gasteiger partial charge in [0.1, 0.15) is 23.2 Å². The van der Waals surface area contributed by atoms with Gasteiger partial charge in [-0.3, -0.25) is 14.2 Å². The molecule has 0 bridgehead atoms. The number of imidazole rings is 1. The minimum Gasteiger partial charge on any atom is -0.389 e. The van der Waals surface area contributed by atoms with Crippen LogP contribution in [0.3, 0.4) is 0 Å². The number of nitrogens with zero attached hydrogens (tertiary/aromatic N) is 4. The van der Waals surface area contributed by atoms with Crippen molar-refractivity contribution in [2.24, 2.45) is 10.7 Å². The Morgan fingerprint density at radius 2 is 2.00 bits per heavy atom. The number of alkyl halides is 3. The van der Waals surface area contributed by atoms with Gasteiger partial charge in [0.2, 0.25) is 0 Å². The Bertz CT molecular complexity index is 1060. The van der Waals surface area contributed by atoms with Gasteiger partial charge in [0.25, 0.3) is 5.91 Å². The third kappa shape index (κ3) is 5.14. The molecule has 2 heterocycles. The summed E-state index contributed by atoms with van der Waals surface area (Å²) >= 11 is 0. The number of hydrogen-bond acceptors (Lipinski definition) is 6. The monoisotopic (exact) mass is 433 g/mol. The number of carbonyl (C=O) groups excluding carboxylic acids is 1. The molecule has 11 heteroatoms. The summed E-state index contributed by atoms with van der Waals surface area (Å²) in [4.78, 5) is 19.8. The van der Waals surface area contributed by atoms with E-state index < -0.39 is 17.8 Å². The molecule has 3 rings (SSSR count). The molecule has 0 saturated heterocycles. The van der Waals surface area contributed by atoms with Crippen molar-refractivity contribution in [3.8, 4) is 6.07 Å². The molecular formula is C20H22F3N7O. The van der Waals surface area contributed by atoms with E-state index in [1.807, 2.05) is 0 Å². The highest BCUT2D eigenvalue weighted by atomic mass is 19.4. The first-order chi connectivity index (χ1) is 14.7. The van der Waals surface area contributed by atoms with Crippen LogP contribution in [0.25, 0.3) is 5.65 Å². The van der Waals surface area contributed by atoms with Gasteiger partial charge in [0.15, 0.2) is 5.69 Å². The Morgan fingerprint density at radius 3 is 2.61 bits per heavy atom. The average Bonchev–Trinajstić information content (AvgIpc) is 3.19. The third-order valence-corrected chi connectivity index (χ3v) is 5.11. The highest BCUT2D eigenvalue weighted by molar-refractivity contribution is 6.13. The number of aromatic nitrogens is 2. The lowest BCUT2D eigenvalue weighted by atomic mass is 9.91. The highest BCUT2D eigenvalue weighted by Crippen LogP contribution is 2.30. The second-order valence-corrected chi connectivity index (χ2v) is 7.26. The number of nitriles is 1. The lowest BCUT2D eigenvalue weighted by molar-refractivity contribution is -0.140. The standard InChI is InChI=1S/C20H22F3N7O/c1-26-10-14(15(25)9-24)19(31)28-13-7-5-12(6-8-13)27-17-3-2-4-18-29-16(11-30(17)18)20(21,22)23/h2-4,10-13,27H,5-8,25H2,1H3,(H,28,31)/b15-14+,26-10?. The van der Waals surface area contributed by atoms with Crippen LogP contribution in [0.5, 0.6) is 0 Å². The van der Waals surface area contributed by atoms with Gasteiger partial charge in [-0.15, -0.1) is 0 Å². The summed E-state index contributed by atoms with van der Waals surface area (Å²) in [5.41, 5.74) is 4.66. The summed E-state index contributed by atoms with van der Waals surface area (Å²) in [7, 11) is 1.48. The number of amides is 1. The number of rotatable bonds is 5. The van der Waals surface area contributed by atoms with Crippen LogP contribution in [0.1, 0.15) is 31.4 Å². The molecule has 1 saturated carbocycles. The zero-order valence-electron chi connectivity index (χ0n) is 16.8. The van der Waals surface area contributed by atoms with E-state index in [-0.39, 0.29) is 29.0 Å². The molecule has 1 aliphatic carbocycles. The number of nitrogens with one attached hydrogen (secondary N) is 2. The molecule has 31 heavy (non-hydrogen) atoms. The number of nitrogens with two attached hydrogens (primary N) is 1. The van der Waals surface area contributed by atoms with Crippen LogP contribution in [0.4, 0.5) is 19.0 Å². The van der Waals surface area contributed by atoms with Gasteiger partial charge < -0.3 is 16.4 Å². The molecule has 164 valence electrons. The Hall–Kier alpha value is -3.55. The van der Waals surface area contributed by atoms with Gasteiger partial charge in [0, 0.05) is 31.5 Å². The van der Waals surface area contributed by atoms with Crippen LogP contribution in [-0.2, 0) is 11.0 Å². The molecule has 8 nitrogen and oxygen atoms in total. The second-order valence-electron chi connectivity index (χ2n) is 7.26. The van der Waals surface area contributed by atoms with Gasteiger partial charge in [-0.2, -0.15) is 18.4 Å². The number of halogens is 3. The SMILES string of the molecule is CN=C/C(C(=O)NC1CCC(Nc2cccc3nc(C(F)(F)F)cn23)CC1)=C(\N)C#N. The minimum absolute atomic E-state index is 0.0255. The fraction of sp³-hybridized carbons (Fsp3) is 0.400. The van der Waals surface area contributed by atoms with Crippen LogP contribution < -0.4 is 16.4 Å². The van der Waals surface area contributed by atoms with Gasteiger partial charge in [-0.1, -0.05) is 6.07 Å². The van der Waals surface area contributed by atoms with Crippen molar-refractivity contribution in [1.82, 2.24) is 14.7 Å². The smallest absolute Gasteiger partial charge is 0.389 e. The van der Waals surface area contributed by atoms with E-state index in [1.165, 1.54) is 23.7 Å². The molecule has 0 radical (unpaired) electrons. The van der Waals surface area contributed by atoms with Gasteiger partial charge in [-0.05, 0) is 37.8 Å². The summed E-state index contributed by atoms with van der Waals surface area (Å²) in [6, 6.07) is 6.55. The molecule has 2 aromatic rings. The van der Waals surface area contributed by atoms with E-state index in [9.17, 15) is 18.0 Å². The summed E-state index contributed by atoms with van der Waals surface area (Å²) in [6.07, 6.45) is 0.465. The van der Waals surface area contributed by atoms with Crippen molar-refractivity contribution in [2.45, 2.75) is 43.9 Å². The van der Waals surface area contributed by atoms with E-state index in [4.69, 9.17) is 11.0 Å². The molecule has 1 fully saturated rings. The molecular weight excluding hydrogens is 411 g/mol. The number of anilines is 1. The summed E-state index contributed by atoms with van der Waals surface area (Å²) in [5, 5.41) is 15.1. The molecule has 0 atom stereocenters. The lowest BCUT2D eigenvalue weighted by Gasteiger charge is -2.30.